The minimum Gasteiger partial charge on any atom is -0.376 e. The molecule has 0 aliphatic rings. The standard InChI is InChI=1S/C20H24N4O3/c1-3-5-19(26)24-18-7-4-6-17(12-18)21-13-20(27)23-16-10-8-15(9-11-16)22-14(2)25/h4,6-12,21H,3,5,13H2,1-2H3,(H,22,25)(H,23,27)(H,24,26). The number of hydrogen-bond acceptors (Lipinski definition) is 4. The molecule has 0 saturated heterocycles. The van der Waals surface area contributed by atoms with Crippen molar-refractivity contribution in [1.82, 2.24) is 0 Å². The van der Waals surface area contributed by atoms with E-state index >= 15 is 0 Å². The van der Waals surface area contributed by atoms with Crippen LogP contribution in [0.1, 0.15) is 26.7 Å². The zero-order valence-corrected chi connectivity index (χ0v) is 15.5. The van der Waals surface area contributed by atoms with Crippen LogP contribution in [0.25, 0.3) is 0 Å². The average Bonchev–Trinajstić information content (AvgIpc) is 2.62. The summed E-state index contributed by atoms with van der Waals surface area (Å²) >= 11 is 0. The van der Waals surface area contributed by atoms with Gasteiger partial charge in [0.05, 0.1) is 6.54 Å². The number of hydrogen-bond donors (Lipinski definition) is 4. The van der Waals surface area contributed by atoms with Gasteiger partial charge in [-0.2, -0.15) is 0 Å². The van der Waals surface area contributed by atoms with Crippen molar-refractivity contribution < 1.29 is 14.4 Å². The number of carbonyl (C=O) groups excluding carboxylic acids is 3. The topological polar surface area (TPSA) is 99.3 Å². The van der Waals surface area contributed by atoms with Gasteiger partial charge in [-0.3, -0.25) is 14.4 Å². The number of carbonyl (C=O) groups is 3. The molecule has 2 rings (SSSR count). The number of rotatable bonds is 8. The highest BCUT2D eigenvalue weighted by Gasteiger charge is 2.05. The maximum Gasteiger partial charge on any atom is 0.243 e. The molecule has 0 radical (unpaired) electrons. The van der Waals surface area contributed by atoms with E-state index in [1.165, 1.54) is 6.92 Å². The Morgan fingerprint density at radius 3 is 2.00 bits per heavy atom. The lowest BCUT2D eigenvalue weighted by Gasteiger charge is -2.10. The van der Waals surface area contributed by atoms with E-state index in [1.54, 1.807) is 36.4 Å². The molecule has 4 N–H and O–H groups in total. The van der Waals surface area contributed by atoms with Gasteiger partial charge in [0.2, 0.25) is 17.7 Å². The van der Waals surface area contributed by atoms with Crippen LogP contribution in [-0.4, -0.2) is 24.3 Å². The van der Waals surface area contributed by atoms with Crippen molar-refractivity contribution in [1.29, 1.82) is 0 Å². The first-order valence-electron chi connectivity index (χ1n) is 8.77. The van der Waals surface area contributed by atoms with Gasteiger partial charge in [-0.1, -0.05) is 13.0 Å². The number of nitrogens with one attached hydrogen (secondary N) is 4. The summed E-state index contributed by atoms with van der Waals surface area (Å²) in [6, 6.07) is 14.1. The predicted molar refractivity (Wildman–Crippen MR) is 108 cm³/mol. The normalized spacial score (nSPS) is 10.0. The Hall–Kier alpha value is -3.35. The minimum absolute atomic E-state index is 0.0323. The Balaban J connectivity index is 1.84. The summed E-state index contributed by atoms with van der Waals surface area (Å²) in [5, 5.41) is 11.3. The molecule has 0 spiro atoms. The van der Waals surface area contributed by atoms with Crippen LogP contribution in [-0.2, 0) is 14.4 Å². The molecule has 27 heavy (non-hydrogen) atoms. The lowest BCUT2D eigenvalue weighted by molar-refractivity contribution is -0.116. The van der Waals surface area contributed by atoms with Crippen LogP contribution in [0.2, 0.25) is 0 Å². The molecule has 0 aliphatic heterocycles. The summed E-state index contributed by atoms with van der Waals surface area (Å²) in [6.07, 6.45) is 1.26. The van der Waals surface area contributed by atoms with E-state index < -0.39 is 0 Å². The summed E-state index contributed by atoms with van der Waals surface area (Å²) in [6.45, 7) is 3.47. The molecule has 0 heterocycles. The van der Waals surface area contributed by atoms with Gasteiger partial charge < -0.3 is 21.3 Å². The highest BCUT2D eigenvalue weighted by molar-refractivity contribution is 5.95. The van der Waals surface area contributed by atoms with E-state index in [2.05, 4.69) is 21.3 Å². The van der Waals surface area contributed by atoms with Gasteiger partial charge in [-0.05, 0) is 48.9 Å². The maximum absolute atomic E-state index is 12.1. The van der Waals surface area contributed by atoms with E-state index in [9.17, 15) is 14.4 Å². The first-order valence-corrected chi connectivity index (χ1v) is 8.77. The monoisotopic (exact) mass is 368 g/mol. The van der Waals surface area contributed by atoms with Crippen LogP contribution in [0.4, 0.5) is 22.7 Å². The van der Waals surface area contributed by atoms with Crippen molar-refractivity contribution in [3.05, 3.63) is 48.5 Å². The lowest BCUT2D eigenvalue weighted by Crippen LogP contribution is -2.21. The van der Waals surface area contributed by atoms with Gasteiger partial charge in [0, 0.05) is 36.1 Å². The molecule has 7 nitrogen and oxygen atoms in total. The zero-order chi connectivity index (χ0) is 19.6. The fourth-order valence-corrected chi connectivity index (χ4v) is 2.39. The van der Waals surface area contributed by atoms with E-state index in [4.69, 9.17) is 0 Å². The molecule has 0 atom stereocenters. The Kier molecular flexibility index (Phi) is 7.37. The lowest BCUT2D eigenvalue weighted by atomic mass is 10.2. The van der Waals surface area contributed by atoms with Crippen molar-refractivity contribution in [2.45, 2.75) is 26.7 Å². The minimum atomic E-state index is -0.206. The second-order valence-electron chi connectivity index (χ2n) is 6.04. The molecule has 142 valence electrons. The van der Waals surface area contributed by atoms with Gasteiger partial charge in [-0.15, -0.1) is 0 Å². The van der Waals surface area contributed by atoms with Crippen LogP contribution in [0, 0.1) is 0 Å². The molecule has 3 amide bonds. The number of anilines is 4. The zero-order valence-electron chi connectivity index (χ0n) is 15.5. The van der Waals surface area contributed by atoms with Crippen LogP contribution >= 0.6 is 0 Å². The number of amides is 3. The molecule has 7 heteroatoms. The third-order valence-corrected chi connectivity index (χ3v) is 3.57. The van der Waals surface area contributed by atoms with Crippen molar-refractivity contribution in [2.75, 3.05) is 27.8 Å². The first kappa shape index (κ1) is 20.0. The highest BCUT2D eigenvalue weighted by atomic mass is 16.2. The summed E-state index contributed by atoms with van der Waals surface area (Å²) < 4.78 is 0. The van der Waals surface area contributed by atoms with Crippen molar-refractivity contribution in [3.8, 4) is 0 Å². The Morgan fingerprint density at radius 1 is 0.778 bits per heavy atom. The Morgan fingerprint density at radius 2 is 1.37 bits per heavy atom. The van der Waals surface area contributed by atoms with E-state index in [-0.39, 0.29) is 24.3 Å². The Labute approximate surface area is 158 Å². The molecule has 0 bridgehead atoms. The molecule has 0 aromatic heterocycles. The average molecular weight is 368 g/mol. The van der Waals surface area contributed by atoms with Gasteiger partial charge >= 0.3 is 0 Å². The Bertz CT molecular complexity index is 803. The van der Waals surface area contributed by atoms with Gasteiger partial charge in [0.25, 0.3) is 0 Å². The van der Waals surface area contributed by atoms with E-state index in [0.717, 1.165) is 12.1 Å². The van der Waals surface area contributed by atoms with Crippen molar-refractivity contribution in [2.24, 2.45) is 0 Å². The molecule has 0 aliphatic carbocycles. The molecular weight excluding hydrogens is 344 g/mol. The highest BCUT2D eigenvalue weighted by Crippen LogP contribution is 2.16. The maximum atomic E-state index is 12.1. The van der Waals surface area contributed by atoms with Crippen LogP contribution in [0.5, 0.6) is 0 Å². The van der Waals surface area contributed by atoms with Crippen molar-refractivity contribution >= 4 is 40.5 Å². The summed E-state index contributed by atoms with van der Waals surface area (Å²) in [4.78, 5) is 34.7. The smallest absolute Gasteiger partial charge is 0.243 e. The summed E-state index contributed by atoms with van der Waals surface area (Å²) in [7, 11) is 0. The molecule has 0 unspecified atom stereocenters. The van der Waals surface area contributed by atoms with Gasteiger partial charge in [-0.25, -0.2) is 0 Å². The largest absolute Gasteiger partial charge is 0.376 e. The third-order valence-electron chi connectivity index (χ3n) is 3.57. The second-order valence-corrected chi connectivity index (χ2v) is 6.04. The summed E-state index contributed by atoms with van der Waals surface area (Å²) in [5.74, 6) is -0.387. The second kappa shape index (κ2) is 9.96. The molecule has 0 fully saturated rings. The molecule has 0 saturated carbocycles. The summed E-state index contributed by atoms with van der Waals surface area (Å²) in [5.41, 5.74) is 2.73. The quantitative estimate of drug-likeness (QED) is 0.573. The molecule has 2 aromatic rings. The number of benzene rings is 2. The SMILES string of the molecule is CCCC(=O)Nc1cccc(NCC(=O)Nc2ccc(NC(C)=O)cc2)c1. The van der Waals surface area contributed by atoms with Crippen LogP contribution < -0.4 is 21.3 Å². The van der Waals surface area contributed by atoms with Crippen LogP contribution in [0.3, 0.4) is 0 Å². The molecule has 2 aromatic carbocycles. The first-order chi connectivity index (χ1) is 13.0. The fraction of sp³-hybridized carbons (Fsp3) is 0.250. The van der Waals surface area contributed by atoms with E-state index in [1.807, 2.05) is 19.1 Å². The fourth-order valence-electron chi connectivity index (χ4n) is 2.39. The van der Waals surface area contributed by atoms with Gasteiger partial charge in [0.15, 0.2) is 0 Å². The predicted octanol–water partition coefficient (Wildman–Crippen LogP) is 3.43. The van der Waals surface area contributed by atoms with Crippen molar-refractivity contribution in [3.63, 3.8) is 0 Å². The van der Waals surface area contributed by atoms with Gasteiger partial charge in [0.1, 0.15) is 0 Å². The molecular formula is C20H24N4O3. The van der Waals surface area contributed by atoms with Crippen LogP contribution in [0.15, 0.2) is 48.5 Å². The third kappa shape index (κ3) is 7.19. The van der Waals surface area contributed by atoms with E-state index in [0.29, 0.717) is 23.5 Å².